The molecular weight excluding hydrogens is 705 g/mol. The first-order valence-electron chi connectivity index (χ1n) is 22.6. The summed E-state index contributed by atoms with van der Waals surface area (Å²) in [6, 6.07) is 20.7. The highest BCUT2D eigenvalue weighted by molar-refractivity contribution is 5.69. The molecule has 1 aliphatic rings. The zero-order valence-electron chi connectivity index (χ0n) is 39.1. The number of fused-ring (bicyclic) bond motifs is 8. The van der Waals surface area contributed by atoms with Crippen molar-refractivity contribution in [2.75, 3.05) is 0 Å². The fourth-order valence-electron chi connectivity index (χ4n) is 10.0. The Morgan fingerprint density at radius 3 is 0.724 bits per heavy atom. The second-order valence-corrected chi connectivity index (χ2v) is 18.6. The molecule has 1 aliphatic carbocycles. The van der Waals surface area contributed by atoms with Crippen LogP contribution in [0.4, 0.5) is 0 Å². The molecule has 0 unspecified atom stereocenters. The van der Waals surface area contributed by atoms with E-state index in [1.165, 1.54) is 95.9 Å². The fraction of sp³-hybridized carbons (Fsp3) is 0.554. The van der Waals surface area contributed by atoms with E-state index in [9.17, 15) is 4.79 Å². The van der Waals surface area contributed by atoms with Gasteiger partial charge >= 0.3 is 5.97 Å². The lowest BCUT2D eigenvalue weighted by Crippen LogP contribution is -2.23. The number of hydrogen-bond acceptors (Lipinski definition) is 2. The summed E-state index contributed by atoms with van der Waals surface area (Å²) in [4.78, 5) is 10.6. The first-order chi connectivity index (χ1) is 26.9. The number of rotatable bonds is 9. The van der Waals surface area contributed by atoms with Gasteiger partial charge in [-0.15, -0.1) is 0 Å². The van der Waals surface area contributed by atoms with Crippen molar-refractivity contribution in [3.8, 4) is 0 Å². The molecule has 4 aromatic carbocycles. The monoisotopic (exact) mass is 787 g/mol. The highest BCUT2D eigenvalue weighted by Gasteiger charge is 2.29. The summed E-state index contributed by atoms with van der Waals surface area (Å²) < 4.78 is 4.95. The molecule has 0 atom stereocenters. The van der Waals surface area contributed by atoms with Crippen LogP contribution in [-0.2, 0) is 9.53 Å². The molecule has 58 heavy (non-hydrogen) atoms. The van der Waals surface area contributed by atoms with Crippen LogP contribution in [0, 0.1) is 55.4 Å². The van der Waals surface area contributed by atoms with E-state index in [-0.39, 0.29) is 19.0 Å². The predicted molar refractivity (Wildman–Crippen MR) is 254 cm³/mol. The van der Waals surface area contributed by atoms with E-state index in [0.717, 1.165) is 0 Å². The number of carbonyl (C=O) groups excluding carboxylic acids is 1. The number of esters is 1. The quantitative estimate of drug-likeness (QED) is 0.158. The Morgan fingerprint density at radius 1 is 0.414 bits per heavy atom. The Labute approximate surface area is 357 Å². The van der Waals surface area contributed by atoms with Crippen LogP contribution in [0.15, 0.2) is 48.5 Å². The van der Waals surface area contributed by atoms with E-state index in [1.54, 1.807) is 51.4 Å². The molecule has 318 valence electrons. The van der Waals surface area contributed by atoms with Crippen molar-refractivity contribution in [1.82, 2.24) is 0 Å². The third-order valence-corrected chi connectivity index (χ3v) is 12.6. The number of aryl methyl sites for hydroxylation is 8. The van der Waals surface area contributed by atoms with Gasteiger partial charge in [0.1, 0.15) is 5.60 Å². The van der Waals surface area contributed by atoms with Gasteiger partial charge in [-0.1, -0.05) is 116 Å². The van der Waals surface area contributed by atoms with Crippen molar-refractivity contribution in [2.24, 2.45) is 0 Å². The number of benzene rings is 4. The van der Waals surface area contributed by atoms with Crippen molar-refractivity contribution in [3.05, 3.63) is 138 Å². The Morgan fingerprint density at radius 2 is 0.603 bits per heavy atom. The van der Waals surface area contributed by atoms with Crippen LogP contribution in [0.2, 0.25) is 0 Å². The molecule has 2 nitrogen and oxygen atoms in total. The number of ether oxygens (including phenoxy) is 1. The van der Waals surface area contributed by atoms with Crippen molar-refractivity contribution >= 4 is 5.97 Å². The molecule has 0 spiro atoms. The van der Waals surface area contributed by atoms with Gasteiger partial charge in [0.15, 0.2) is 0 Å². The first kappa shape index (κ1) is 48.7. The van der Waals surface area contributed by atoms with E-state index in [0.29, 0.717) is 30.1 Å². The van der Waals surface area contributed by atoms with Crippen molar-refractivity contribution in [1.29, 1.82) is 0 Å². The maximum Gasteiger partial charge on any atom is 0.306 e. The van der Waals surface area contributed by atoms with E-state index < -0.39 is 0 Å². The highest BCUT2D eigenvalue weighted by Crippen LogP contribution is 2.45. The average molecular weight is 787 g/mol. The topological polar surface area (TPSA) is 26.3 Å². The third kappa shape index (κ3) is 11.1. The molecule has 4 aromatic rings. The van der Waals surface area contributed by atoms with Crippen LogP contribution in [-0.4, -0.2) is 11.6 Å². The van der Waals surface area contributed by atoms with Gasteiger partial charge in [0.25, 0.3) is 0 Å². The van der Waals surface area contributed by atoms with Crippen LogP contribution < -0.4 is 0 Å². The lowest BCUT2D eigenvalue weighted by atomic mass is 9.73. The molecule has 2 heteroatoms. The summed E-state index contributed by atoms with van der Waals surface area (Å²) in [5, 5.41) is 0. The van der Waals surface area contributed by atoms with E-state index in [2.05, 4.69) is 132 Å². The molecule has 0 radical (unpaired) electrons. The van der Waals surface area contributed by atoms with Crippen LogP contribution in [0.25, 0.3) is 0 Å². The number of hydrogen-bond donors (Lipinski definition) is 0. The van der Waals surface area contributed by atoms with Gasteiger partial charge < -0.3 is 4.74 Å². The molecule has 5 rings (SSSR count). The molecule has 0 saturated heterocycles. The van der Waals surface area contributed by atoms with Gasteiger partial charge in [-0.05, 0) is 191 Å². The SMILES string of the molecule is C.CCC(=O)OC(C)(C)C.CCCC1c2cc(c(C)cc2C)C(CCC)c2cc(c(C)cc2C)C(CCC)c2cc(c(C)cc2C)C(CCC)c2cc1c(C)cc2C. The summed E-state index contributed by atoms with van der Waals surface area (Å²) >= 11 is 0. The number of carbonyl (C=O) groups is 1. The second kappa shape index (κ2) is 21.0. The van der Waals surface area contributed by atoms with Gasteiger partial charge in [0, 0.05) is 30.1 Å². The standard InChI is InChI=1S/C48H64.C7H14O2.CH4/c1-13-17-37-41-25-43(31(7)21-29(41)5)38(18-14-2)45-27-47(35(11)23-33(45)9)40(20-16-4)48-28-46(34(10)24-36(48)12)39(19-15-3)44-26-42(37)30(6)22-32(44)8;1-5-6(8)9-7(2,3)4;/h21-28,37-40H,13-20H2,1-12H3;5H2,1-4H3;1H4. The minimum absolute atomic E-state index is 0. The third-order valence-electron chi connectivity index (χ3n) is 12.6. The molecular formula is C56H82O2. The molecule has 0 amide bonds. The largest absolute Gasteiger partial charge is 0.460 e. The van der Waals surface area contributed by atoms with Crippen molar-refractivity contribution < 1.29 is 9.53 Å². The molecule has 8 bridgehead atoms. The summed E-state index contributed by atoms with van der Waals surface area (Å²) in [5.41, 5.74) is 23.6. The Kier molecular flexibility index (Phi) is 17.7. The average Bonchev–Trinajstić information content (AvgIpc) is 3.12. The second-order valence-electron chi connectivity index (χ2n) is 18.6. The highest BCUT2D eigenvalue weighted by atomic mass is 16.6. The maximum absolute atomic E-state index is 10.6. The van der Waals surface area contributed by atoms with E-state index >= 15 is 0 Å². The Balaban J connectivity index is 0.000000804. The summed E-state index contributed by atoms with van der Waals surface area (Å²) in [6.45, 7) is 35.8. The minimum atomic E-state index is -0.326. The summed E-state index contributed by atoms with van der Waals surface area (Å²) in [5.74, 6) is 1.44. The smallest absolute Gasteiger partial charge is 0.306 e. The van der Waals surface area contributed by atoms with Gasteiger partial charge in [0.05, 0.1) is 0 Å². The molecule has 0 aromatic heterocycles. The van der Waals surface area contributed by atoms with Crippen molar-refractivity contribution in [3.63, 3.8) is 0 Å². The van der Waals surface area contributed by atoms with Gasteiger partial charge in [0.2, 0.25) is 0 Å². The summed E-state index contributed by atoms with van der Waals surface area (Å²) in [6.07, 6.45) is 9.83. The predicted octanol–water partition coefficient (Wildman–Crippen LogP) is 16.6. The Bertz CT molecular complexity index is 1640. The van der Waals surface area contributed by atoms with Crippen molar-refractivity contribution in [2.45, 2.75) is 205 Å². The molecule has 0 aliphatic heterocycles. The van der Waals surface area contributed by atoms with Crippen LogP contribution in [0.5, 0.6) is 0 Å². The molecule has 0 heterocycles. The van der Waals surface area contributed by atoms with Crippen LogP contribution >= 0.6 is 0 Å². The fourth-order valence-corrected chi connectivity index (χ4v) is 10.0. The van der Waals surface area contributed by atoms with Crippen LogP contribution in [0.3, 0.4) is 0 Å². The molecule has 0 fully saturated rings. The lowest BCUT2D eigenvalue weighted by molar-refractivity contribution is -0.154. The zero-order valence-corrected chi connectivity index (χ0v) is 39.1. The lowest BCUT2D eigenvalue weighted by Gasteiger charge is -2.31. The normalized spacial score (nSPS) is 17.5. The molecule has 0 N–H and O–H groups in total. The van der Waals surface area contributed by atoms with E-state index in [4.69, 9.17) is 4.74 Å². The molecule has 0 saturated carbocycles. The van der Waals surface area contributed by atoms with E-state index in [1.807, 2.05) is 20.8 Å². The summed E-state index contributed by atoms with van der Waals surface area (Å²) in [7, 11) is 0. The maximum atomic E-state index is 10.6. The van der Waals surface area contributed by atoms with Gasteiger partial charge in [-0.25, -0.2) is 0 Å². The van der Waals surface area contributed by atoms with Crippen LogP contribution in [0.1, 0.15) is 233 Å². The Hall–Kier alpha value is -3.65. The van der Waals surface area contributed by atoms with Gasteiger partial charge in [-0.3, -0.25) is 4.79 Å². The first-order valence-corrected chi connectivity index (χ1v) is 22.6. The zero-order chi connectivity index (χ0) is 42.4. The van der Waals surface area contributed by atoms with Gasteiger partial charge in [-0.2, -0.15) is 0 Å². The minimum Gasteiger partial charge on any atom is -0.460 e.